The summed E-state index contributed by atoms with van der Waals surface area (Å²) in [7, 11) is 1.47. The highest BCUT2D eigenvalue weighted by molar-refractivity contribution is 6.30. The molecule has 1 atom stereocenters. The van der Waals surface area contributed by atoms with Gasteiger partial charge in [0.1, 0.15) is 11.5 Å². The number of carbonyl (C=O) groups is 2. The number of hydrogen-bond donors (Lipinski definition) is 2. The maximum Gasteiger partial charge on any atom is 0.198 e. The van der Waals surface area contributed by atoms with Crippen LogP contribution in [0.25, 0.3) is 0 Å². The second-order valence-corrected chi connectivity index (χ2v) is 5.15. The number of fused-ring (bicyclic) bond motifs is 2. The summed E-state index contributed by atoms with van der Waals surface area (Å²) < 4.78 is 10.4. The SMILES string of the molecule is COCC(N)Oc1ccc(O)c2c1C(=O)c1ccccc1C2=O. The van der Waals surface area contributed by atoms with Gasteiger partial charge in [0.15, 0.2) is 17.8 Å². The Kier molecular flexibility index (Phi) is 3.85. The van der Waals surface area contributed by atoms with Crippen LogP contribution in [0.15, 0.2) is 36.4 Å². The predicted molar refractivity (Wildman–Crippen MR) is 81.9 cm³/mol. The van der Waals surface area contributed by atoms with Gasteiger partial charge in [0, 0.05) is 18.2 Å². The lowest BCUT2D eigenvalue weighted by Gasteiger charge is -2.22. The quantitative estimate of drug-likeness (QED) is 0.708. The number of nitrogens with two attached hydrogens (primary N) is 1. The topological polar surface area (TPSA) is 98.8 Å². The van der Waals surface area contributed by atoms with Crippen molar-refractivity contribution in [1.82, 2.24) is 0 Å². The molecule has 3 N–H and O–H groups in total. The predicted octanol–water partition coefficient (Wildman–Crippen LogP) is 1.48. The van der Waals surface area contributed by atoms with Gasteiger partial charge >= 0.3 is 0 Å². The Morgan fingerprint density at radius 2 is 1.65 bits per heavy atom. The van der Waals surface area contributed by atoms with Crippen molar-refractivity contribution in [2.75, 3.05) is 13.7 Å². The normalized spacial score (nSPS) is 14.2. The van der Waals surface area contributed by atoms with E-state index in [4.69, 9.17) is 15.2 Å². The summed E-state index contributed by atoms with van der Waals surface area (Å²) in [4.78, 5) is 25.4. The summed E-state index contributed by atoms with van der Waals surface area (Å²) >= 11 is 0. The minimum atomic E-state index is -0.797. The molecular weight excluding hydrogens is 298 g/mol. The number of phenols is 1. The molecule has 0 saturated heterocycles. The first-order valence-electron chi connectivity index (χ1n) is 7.00. The van der Waals surface area contributed by atoms with Gasteiger partial charge in [-0.15, -0.1) is 0 Å². The van der Waals surface area contributed by atoms with E-state index in [1.165, 1.54) is 19.2 Å². The van der Waals surface area contributed by atoms with Crippen molar-refractivity contribution in [3.63, 3.8) is 0 Å². The molecule has 0 aliphatic heterocycles. The number of rotatable bonds is 4. The summed E-state index contributed by atoms with van der Waals surface area (Å²) in [6.45, 7) is 0.119. The first kappa shape index (κ1) is 15.2. The van der Waals surface area contributed by atoms with E-state index in [1.807, 2.05) is 0 Å². The lowest BCUT2D eigenvalue weighted by molar-refractivity contribution is 0.0823. The van der Waals surface area contributed by atoms with Crippen LogP contribution in [0.4, 0.5) is 0 Å². The van der Waals surface area contributed by atoms with Crippen LogP contribution >= 0.6 is 0 Å². The second kappa shape index (κ2) is 5.83. The first-order chi connectivity index (χ1) is 11.0. The van der Waals surface area contributed by atoms with Gasteiger partial charge in [-0.3, -0.25) is 15.3 Å². The van der Waals surface area contributed by atoms with E-state index in [9.17, 15) is 14.7 Å². The molecule has 118 valence electrons. The van der Waals surface area contributed by atoms with Crippen molar-refractivity contribution in [3.05, 3.63) is 58.7 Å². The van der Waals surface area contributed by atoms with Crippen LogP contribution < -0.4 is 10.5 Å². The fourth-order valence-electron chi connectivity index (χ4n) is 2.64. The molecule has 0 bridgehead atoms. The molecule has 0 heterocycles. The number of benzene rings is 2. The Labute approximate surface area is 132 Å². The molecule has 3 rings (SSSR count). The van der Waals surface area contributed by atoms with Crippen LogP contribution in [0.3, 0.4) is 0 Å². The smallest absolute Gasteiger partial charge is 0.198 e. The number of ketones is 2. The fraction of sp³-hybridized carbons (Fsp3) is 0.176. The van der Waals surface area contributed by atoms with E-state index >= 15 is 0 Å². The van der Waals surface area contributed by atoms with Crippen molar-refractivity contribution in [3.8, 4) is 11.5 Å². The van der Waals surface area contributed by atoms with Crippen LogP contribution in [-0.4, -0.2) is 36.6 Å². The third-order valence-corrected chi connectivity index (χ3v) is 3.62. The molecule has 23 heavy (non-hydrogen) atoms. The number of phenolic OH excluding ortho intramolecular Hbond substituents is 1. The highest BCUT2D eigenvalue weighted by atomic mass is 16.5. The van der Waals surface area contributed by atoms with E-state index in [1.54, 1.807) is 24.3 Å². The minimum absolute atomic E-state index is 0.0280. The maximum atomic E-state index is 12.8. The van der Waals surface area contributed by atoms with Crippen molar-refractivity contribution in [2.24, 2.45) is 5.73 Å². The molecule has 0 aromatic heterocycles. The molecular formula is C17H15NO5. The van der Waals surface area contributed by atoms with Crippen molar-refractivity contribution in [1.29, 1.82) is 0 Å². The van der Waals surface area contributed by atoms with Crippen molar-refractivity contribution in [2.45, 2.75) is 6.23 Å². The van der Waals surface area contributed by atoms with E-state index < -0.39 is 12.0 Å². The number of carbonyl (C=O) groups excluding carboxylic acids is 2. The standard InChI is InChI=1S/C17H15NO5/c1-22-8-13(18)23-12-7-6-11(19)14-15(12)17(21)10-5-3-2-4-9(10)16(14)20/h2-7,13,19H,8,18H2,1H3. The summed E-state index contributed by atoms with van der Waals surface area (Å²) in [5.41, 5.74) is 6.27. The molecule has 0 fully saturated rings. The Bertz CT molecular complexity index is 800. The van der Waals surface area contributed by atoms with E-state index in [0.29, 0.717) is 0 Å². The van der Waals surface area contributed by atoms with Gasteiger partial charge in [0.25, 0.3) is 0 Å². The number of hydrogen-bond acceptors (Lipinski definition) is 6. The molecule has 0 radical (unpaired) electrons. The fourth-order valence-corrected chi connectivity index (χ4v) is 2.64. The van der Waals surface area contributed by atoms with Crippen LogP contribution in [0.2, 0.25) is 0 Å². The zero-order valence-electron chi connectivity index (χ0n) is 12.4. The third-order valence-electron chi connectivity index (χ3n) is 3.62. The number of methoxy groups -OCH3 is 1. The Morgan fingerprint density at radius 1 is 1.04 bits per heavy atom. The maximum absolute atomic E-state index is 12.8. The molecule has 1 aliphatic carbocycles. The van der Waals surface area contributed by atoms with Gasteiger partial charge < -0.3 is 14.6 Å². The van der Waals surface area contributed by atoms with Gasteiger partial charge in [0.05, 0.1) is 17.7 Å². The van der Waals surface area contributed by atoms with Gasteiger partial charge in [-0.25, -0.2) is 0 Å². The lowest BCUT2D eigenvalue weighted by atomic mass is 9.83. The van der Waals surface area contributed by atoms with Crippen molar-refractivity contribution < 1.29 is 24.2 Å². The van der Waals surface area contributed by atoms with Crippen LogP contribution in [0, 0.1) is 0 Å². The van der Waals surface area contributed by atoms with Crippen LogP contribution in [-0.2, 0) is 4.74 Å². The molecule has 0 saturated carbocycles. The van der Waals surface area contributed by atoms with E-state index in [-0.39, 0.29) is 46.1 Å². The average Bonchev–Trinajstić information content (AvgIpc) is 2.54. The monoisotopic (exact) mass is 313 g/mol. The average molecular weight is 313 g/mol. The molecule has 1 aliphatic rings. The van der Waals surface area contributed by atoms with Crippen molar-refractivity contribution >= 4 is 11.6 Å². The van der Waals surface area contributed by atoms with Gasteiger partial charge in [-0.2, -0.15) is 0 Å². The highest BCUT2D eigenvalue weighted by Gasteiger charge is 2.34. The summed E-state index contributed by atoms with van der Waals surface area (Å²) in [5.74, 6) is -0.917. The highest BCUT2D eigenvalue weighted by Crippen LogP contribution is 2.38. The second-order valence-electron chi connectivity index (χ2n) is 5.15. The van der Waals surface area contributed by atoms with E-state index in [2.05, 4.69) is 0 Å². The van der Waals surface area contributed by atoms with Gasteiger partial charge in [0.2, 0.25) is 0 Å². The van der Waals surface area contributed by atoms with Crippen LogP contribution in [0.5, 0.6) is 11.5 Å². The molecule has 0 amide bonds. The lowest BCUT2D eigenvalue weighted by Crippen LogP contribution is -2.33. The largest absolute Gasteiger partial charge is 0.507 e. The molecule has 6 heteroatoms. The minimum Gasteiger partial charge on any atom is -0.507 e. The van der Waals surface area contributed by atoms with Gasteiger partial charge in [-0.1, -0.05) is 24.3 Å². The summed E-state index contributed by atoms with van der Waals surface area (Å²) in [6.07, 6.45) is -0.797. The van der Waals surface area contributed by atoms with E-state index in [0.717, 1.165) is 0 Å². The molecule has 6 nitrogen and oxygen atoms in total. The first-order valence-corrected chi connectivity index (χ1v) is 7.00. The van der Waals surface area contributed by atoms with Gasteiger partial charge in [-0.05, 0) is 12.1 Å². The molecule has 2 aromatic rings. The molecule has 2 aromatic carbocycles. The number of ether oxygens (including phenoxy) is 2. The third kappa shape index (κ3) is 2.48. The molecule has 1 unspecified atom stereocenters. The van der Waals surface area contributed by atoms with Crippen LogP contribution in [0.1, 0.15) is 31.8 Å². The Morgan fingerprint density at radius 3 is 2.26 bits per heavy atom. The molecule has 0 spiro atoms. The zero-order valence-corrected chi connectivity index (χ0v) is 12.4. The number of aromatic hydroxyl groups is 1. The zero-order chi connectivity index (χ0) is 16.6. The Balaban J connectivity index is 2.15. The Hall–Kier alpha value is -2.70. The summed E-state index contributed by atoms with van der Waals surface area (Å²) in [5, 5.41) is 10.0. The summed E-state index contributed by atoms with van der Waals surface area (Å²) in [6, 6.07) is 9.20.